The van der Waals surface area contributed by atoms with E-state index in [4.69, 9.17) is 22.1 Å². The molecule has 14 heavy (non-hydrogen) atoms. The number of ether oxygens (including phenoxy) is 1. The molecule has 1 heterocycles. The lowest BCUT2D eigenvalue weighted by molar-refractivity contribution is 0.222. The van der Waals surface area contributed by atoms with Gasteiger partial charge in [-0.1, -0.05) is 23.7 Å². The van der Waals surface area contributed by atoms with Crippen molar-refractivity contribution < 1.29 is 4.74 Å². The van der Waals surface area contributed by atoms with E-state index in [1.54, 1.807) is 0 Å². The fraction of sp³-hybridized carbons (Fsp3) is 0.455. The average molecular weight is 212 g/mol. The van der Waals surface area contributed by atoms with Crippen LogP contribution in [0.5, 0.6) is 5.75 Å². The Hall–Kier alpha value is -0.730. The van der Waals surface area contributed by atoms with Gasteiger partial charge in [0.1, 0.15) is 11.9 Å². The van der Waals surface area contributed by atoms with Crippen LogP contribution in [0, 0.1) is 0 Å². The van der Waals surface area contributed by atoms with Gasteiger partial charge in [-0.2, -0.15) is 0 Å². The number of para-hydroxylation sites is 1. The van der Waals surface area contributed by atoms with Crippen molar-refractivity contribution in [3.05, 3.63) is 28.8 Å². The van der Waals surface area contributed by atoms with Crippen molar-refractivity contribution in [1.82, 2.24) is 0 Å². The Balaban J connectivity index is 2.37. The van der Waals surface area contributed by atoms with Crippen molar-refractivity contribution >= 4 is 11.6 Å². The van der Waals surface area contributed by atoms with E-state index < -0.39 is 0 Å². The highest BCUT2D eigenvalue weighted by atomic mass is 35.5. The molecular formula is C11H14ClNO. The first-order valence-electron chi connectivity index (χ1n) is 4.89. The van der Waals surface area contributed by atoms with Gasteiger partial charge in [0, 0.05) is 11.5 Å². The van der Waals surface area contributed by atoms with Crippen molar-refractivity contribution in [2.45, 2.75) is 25.4 Å². The number of rotatable bonds is 2. The summed E-state index contributed by atoms with van der Waals surface area (Å²) >= 11 is 6.04. The summed E-state index contributed by atoms with van der Waals surface area (Å²) in [6.07, 6.45) is 1.14. The first kappa shape index (κ1) is 9.81. The maximum absolute atomic E-state index is 6.04. The number of nitrogens with two attached hydrogens (primary N) is 1. The summed E-state index contributed by atoms with van der Waals surface area (Å²) in [5.74, 6) is 1.24. The highest BCUT2D eigenvalue weighted by molar-refractivity contribution is 6.32. The zero-order chi connectivity index (χ0) is 10.1. The van der Waals surface area contributed by atoms with Crippen molar-refractivity contribution in [2.75, 3.05) is 6.54 Å². The van der Waals surface area contributed by atoms with Gasteiger partial charge in [0.15, 0.2) is 0 Å². The molecule has 0 radical (unpaired) electrons. The normalized spacial score (nSPS) is 24.5. The third-order valence-corrected chi connectivity index (χ3v) is 3.04. The maximum atomic E-state index is 6.04. The number of fused-ring (bicyclic) bond motifs is 1. The summed E-state index contributed by atoms with van der Waals surface area (Å²) < 4.78 is 5.72. The van der Waals surface area contributed by atoms with Crippen molar-refractivity contribution in [2.24, 2.45) is 5.73 Å². The maximum Gasteiger partial charge on any atom is 0.141 e. The van der Waals surface area contributed by atoms with E-state index in [0.29, 0.717) is 17.5 Å². The first-order valence-corrected chi connectivity index (χ1v) is 5.27. The van der Waals surface area contributed by atoms with Gasteiger partial charge < -0.3 is 10.5 Å². The van der Waals surface area contributed by atoms with Gasteiger partial charge in [0.05, 0.1) is 5.02 Å². The smallest absolute Gasteiger partial charge is 0.141 e. The van der Waals surface area contributed by atoms with Crippen molar-refractivity contribution in [3.8, 4) is 5.75 Å². The molecule has 0 amide bonds. The fourth-order valence-electron chi connectivity index (χ4n) is 2.03. The number of halogens is 1. The minimum absolute atomic E-state index is 0.188. The van der Waals surface area contributed by atoms with E-state index >= 15 is 0 Å². The Morgan fingerprint density at radius 2 is 2.29 bits per heavy atom. The van der Waals surface area contributed by atoms with Crippen LogP contribution < -0.4 is 10.5 Å². The molecule has 0 bridgehead atoms. The molecule has 76 valence electrons. The average Bonchev–Trinajstić information content (AvgIpc) is 2.47. The van der Waals surface area contributed by atoms with Crippen LogP contribution in [0.3, 0.4) is 0 Å². The van der Waals surface area contributed by atoms with E-state index in [0.717, 1.165) is 12.2 Å². The third kappa shape index (κ3) is 1.49. The largest absolute Gasteiger partial charge is 0.488 e. The molecule has 0 saturated carbocycles. The predicted molar refractivity (Wildman–Crippen MR) is 58.0 cm³/mol. The summed E-state index contributed by atoms with van der Waals surface area (Å²) in [6, 6.07) is 5.90. The molecule has 2 nitrogen and oxygen atoms in total. The minimum Gasteiger partial charge on any atom is -0.488 e. The molecule has 0 fully saturated rings. The Labute approximate surface area is 89.0 Å². The zero-order valence-corrected chi connectivity index (χ0v) is 8.92. The summed E-state index contributed by atoms with van der Waals surface area (Å²) in [5, 5.41) is 0.703. The molecule has 3 heteroatoms. The summed E-state index contributed by atoms with van der Waals surface area (Å²) in [6.45, 7) is 2.75. The highest BCUT2D eigenvalue weighted by Crippen LogP contribution is 2.43. The Bertz CT molecular complexity index is 340. The zero-order valence-electron chi connectivity index (χ0n) is 8.16. The van der Waals surface area contributed by atoms with Gasteiger partial charge in [-0.25, -0.2) is 0 Å². The minimum atomic E-state index is 0.188. The van der Waals surface area contributed by atoms with Gasteiger partial charge in [0.2, 0.25) is 0 Å². The molecule has 1 aliphatic heterocycles. The number of hydrogen-bond donors (Lipinski definition) is 1. The lowest BCUT2D eigenvalue weighted by Crippen LogP contribution is -2.17. The van der Waals surface area contributed by atoms with E-state index in [1.807, 2.05) is 12.1 Å². The van der Waals surface area contributed by atoms with Gasteiger partial charge in [0.25, 0.3) is 0 Å². The van der Waals surface area contributed by atoms with E-state index in [1.165, 1.54) is 5.56 Å². The first-order chi connectivity index (χ1) is 6.74. The van der Waals surface area contributed by atoms with Gasteiger partial charge in [-0.15, -0.1) is 0 Å². The quantitative estimate of drug-likeness (QED) is 0.816. The molecule has 2 N–H and O–H groups in total. The van der Waals surface area contributed by atoms with E-state index in [-0.39, 0.29) is 6.10 Å². The molecular weight excluding hydrogens is 198 g/mol. The van der Waals surface area contributed by atoms with Crippen LogP contribution in [0.25, 0.3) is 0 Å². The molecule has 2 rings (SSSR count). The van der Waals surface area contributed by atoms with Crippen molar-refractivity contribution in [1.29, 1.82) is 0 Å². The Kier molecular flexibility index (Phi) is 2.66. The standard InChI is InChI=1S/C11H14ClNO/c1-7-8(5-6-13)9-3-2-4-10(12)11(9)14-7/h2-4,7-8H,5-6,13H2,1H3. The predicted octanol–water partition coefficient (Wildman–Crippen LogP) is 2.55. The lowest BCUT2D eigenvalue weighted by atomic mass is 9.93. The summed E-state index contributed by atoms with van der Waals surface area (Å²) in [4.78, 5) is 0. The molecule has 0 aliphatic carbocycles. The van der Waals surface area contributed by atoms with Crippen LogP contribution in [0.2, 0.25) is 5.02 Å². The van der Waals surface area contributed by atoms with Crippen LogP contribution in [0.1, 0.15) is 24.8 Å². The Morgan fingerprint density at radius 1 is 1.50 bits per heavy atom. The van der Waals surface area contributed by atoms with Crippen LogP contribution in [0.4, 0.5) is 0 Å². The monoisotopic (exact) mass is 211 g/mol. The third-order valence-electron chi connectivity index (χ3n) is 2.74. The van der Waals surface area contributed by atoms with Crippen LogP contribution in [-0.2, 0) is 0 Å². The second-order valence-corrected chi connectivity index (χ2v) is 4.07. The van der Waals surface area contributed by atoms with Crippen LogP contribution in [0.15, 0.2) is 18.2 Å². The molecule has 2 atom stereocenters. The van der Waals surface area contributed by atoms with E-state index in [2.05, 4.69) is 13.0 Å². The molecule has 2 unspecified atom stereocenters. The summed E-state index contributed by atoms with van der Waals surface area (Å²) in [5.41, 5.74) is 6.78. The SMILES string of the molecule is CC1Oc2c(Cl)cccc2C1CCN. The van der Waals surface area contributed by atoms with Gasteiger partial charge in [-0.05, 0) is 26.0 Å². The highest BCUT2D eigenvalue weighted by Gasteiger charge is 2.31. The Morgan fingerprint density at radius 3 is 3.00 bits per heavy atom. The molecule has 0 aromatic heterocycles. The van der Waals surface area contributed by atoms with Crippen LogP contribution in [-0.4, -0.2) is 12.6 Å². The topological polar surface area (TPSA) is 35.2 Å². The second kappa shape index (κ2) is 3.79. The summed E-state index contributed by atoms with van der Waals surface area (Å²) in [7, 11) is 0. The molecule has 0 saturated heterocycles. The van der Waals surface area contributed by atoms with Crippen molar-refractivity contribution in [3.63, 3.8) is 0 Å². The lowest BCUT2D eigenvalue weighted by Gasteiger charge is -2.12. The van der Waals surface area contributed by atoms with Crippen LogP contribution >= 0.6 is 11.6 Å². The van der Waals surface area contributed by atoms with Gasteiger partial charge >= 0.3 is 0 Å². The number of benzene rings is 1. The fourth-order valence-corrected chi connectivity index (χ4v) is 2.26. The van der Waals surface area contributed by atoms with Gasteiger partial charge in [-0.3, -0.25) is 0 Å². The molecule has 0 spiro atoms. The molecule has 1 aromatic rings. The number of hydrogen-bond acceptors (Lipinski definition) is 2. The second-order valence-electron chi connectivity index (χ2n) is 3.66. The molecule has 1 aliphatic rings. The molecule has 1 aromatic carbocycles. The van der Waals surface area contributed by atoms with E-state index in [9.17, 15) is 0 Å².